The van der Waals surface area contributed by atoms with Gasteiger partial charge >= 0.3 is 0 Å². The molecule has 1 unspecified atom stereocenters. The summed E-state index contributed by atoms with van der Waals surface area (Å²) in [5, 5.41) is 0. The fourth-order valence-corrected chi connectivity index (χ4v) is 5.68. The fourth-order valence-electron chi connectivity index (χ4n) is 4.63. The van der Waals surface area contributed by atoms with Gasteiger partial charge in [-0.1, -0.05) is 55.8 Å². The second-order valence-electron chi connectivity index (χ2n) is 11.0. The first kappa shape index (κ1) is 32.3. The van der Waals surface area contributed by atoms with Gasteiger partial charge in [0.2, 0.25) is 0 Å². The number of rotatable bonds is 15. The van der Waals surface area contributed by atoms with Crippen LogP contribution in [0.15, 0.2) is 77.7 Å². The summed E-state index contributed by atoms with van der Waals surface area (Å²) in [6, 6.07) is 22.6. The number of ether oxygens (including phenoxy) is 4. The Morgan fingerprint density at radius 3 is 2.07 bits per heavy atom. The minimum Gasteiger partial charge on any atom is -0.494 e. The summed E-state index contributed by atoms with van der Waals surface area (Å²) in [7, 11) is -3.94. The first-order chi connectivity index (χ1) is 20.2. The van der Waals surface area contributed by atoms with Crippen molar-refractivity contribution in [2.75, 3.05) is 32.3 Å². The largest absolute Gasteiger partial charge is 0.494 e. The number of aryl methyl sites for hydroxylation is 1. The maximum Gasteiger partial charge on any atom is 0.297 e. The highest BCUT2D eigenvalue weighted by Gasteiger charge is 2.25. The lowest BCUT2D eigenvalue weighted by Gasteiger charge is -2.28. The Kier molecular flexibility index (Phi) is 11.7. The average Bonchev–Trinajstić information content (AvgIpc) is 3.00. The Labute approximate surface area is 255 Å². The normalized spacial score (nSPS) is 16.6. The zero-order valence-corrected chi connectivity index (χ0v) is 26.2. The van der Waals surface area contributed by atoms with Crippen molar-refractivity contribution >= 4 is 21.7 Å². The predicted molar refractivity (Wildman–Crippen MR) is 164 cm³/mol. The lowest BCUT2D eigenvalue weighted by atomic mass is 9.78. The van der Waals surface area contributed by atoms with Gasteiger partial charge in [-0.3, -0.25) is 4.18 Å². The van der Waals surface area contributed by atoms with E-state index in [1.807, 2.05) is 43.3 Å². The van der Waals surface area contributed by atoms with E-state index in [0.29, 0.717) is 24.8 Å². The summed E-state index contributed by atoms with van der Waals surface area (Å²) in [4.78, 5) is 0.105. The van der Waals surface area contributed by atoms with Crippen molar-refractivity contribution in [2.45, 2.75) is 69.2 Å². The van der Waals surface area contributed by atoms with E-state index in [1.54, 1.807) is 12.1 Å². The van der Waals surface area contributed by atoms with E-state index in [9.17, 15) is 8.42 Å². The maximum absolute atomic E-state index is 12.8. The van der Waals surface area contributed by atoms with E-state index < -0.39 is 22.5 Å². The lowest BCUT2D eigenvalue weighted by molar-refractivity contribution is -0.198. The summed E-state index contributed by atoms with van der Waals surface area (Å²) in [5.74, 6) is 2.06. The van der Waals surface area contributed by atoms with Gasteiger partial charge in [0.05, 0.1) is 18.1 Å². The number of benzene rings is 3. The van der Waals surface area contributed by atoms with Crippen LogP contribution in [0.5, 0.6) is 11.5 Å². The second kappa shape index (κ2) is 15.2. The van der Waals surface area contributed by atoms with Crippen LogP contribution in [-0.4, -0.2) is 53.1 Å². The molecule has 0 saturated carbocycles. The number of halogens is 1. The smallest absolute Gasteiger partial charge is 0.297 e. The summed E-state index contributed by atoms with van der Waals surface area (Å²) in [6.07, 6.45) is 2.46. The number of hydrogen-bond acceptors (Lipinski definition) is 7. The van der Waals surface area contributed by atoms with Gasteiger partial charge < -0.3 is 18.9 Å². The van der Waals surface area contributed by atoms with E-state index in [4.69, 9.17) is 34.7 Å². The molecule has 2 atom stereocenters. The highest BCUT2D eigenvalue weighted by Crippen LogP contribution is 2.33. The van der Waals surface area contributed by atoms with Crippen molar-refractivity contribution < 1.29 is 31.5 Å². The molecule has 9 heteroatoms. The molecule has 0 bridgehead atoms. The van der Waals surface area contributed by atoms with Crippen LogP contribution in [0.4, 0.5) is 0 Å². The maximum atomic E-state index is 12.8. The van der Waals surface area contributed by atoms with Crippen LogP contribution in [-0.2, 0) is 29.2 Å². The third kappa shape index (κ3) is 9.19. The SMILES string of the molecule is Cc1ccc(S(=O)(=O)OC[C@H](COc2ccc(C(C)(C)c3ccc(OCCCCl)cc3)cc2)OC2CCCCO2)cc1. The monoisotopic (exact) mass is 616 g/mol. The quantitative estimate of drug-likeness (QED) is 0.103. The molecule has 1 saturated heterocycles. The van der Waals surface area contributed by atoms with Crippen molar-refractivity contribution in [1.29, 1.82) is 0 Å². The van der Waals surface area contributed by atoms with Gasteiger partial charge in [-0.05, 0) is 80.1 Å². The molecule has 0 aliphatic carbocycles. The van der Waals surface area contributed by atoms with E-state index in [2.05, 4.69) is 26.0 Å². The second-order valence-corrected chi connectivity index (χ2v) is 13.0. The van der Waals surface area contributed by atoms with Gasteiger partial charge in [0.25, 0.3) is 10.1 Å². The number of alkyl halides is 1. The predicted octanol–water partition coefficient (Wildman–Crippen LogP) is 7.02. The molecule has 228 valence electrons. The van der Waals surface area contributed by atoms with Crippen LogP contribution in [0, 0.1) is 6.92 Å². The molecule has 7 nitrogen and oxygen atoms in total. The van der Waals surface area contributed by atoms with Crippen molar-refractivity contribution in [3.63, 3.8) is 0 Å². The first-order valence-corrected chi connectivity index (χ1v) is 16.4. The lowest BCUT2D eigenvalue weighted by Crippen LogP contribution is -2.35. The minimum atomic E-state index is -3.94. The molecule has 42 heavy (non-hydrogen) atoms. The highest BCUT2D eigenvalue weighted by molar-refractivity contribution is 7.86. The van der Waals surface area contributed by atoms with Gasteiger partial charge in [-0.2, -0.15) is 8.42 Å². The van der Waals surface area contributed by atoms with Gasteiger partial charge in [-0.15, -0.1) is 11.6 Å². The zero-order valence-electron chi connectivity index (χ0n) is 24.6. The molecular formula is C33H41ClO7S. The van der Waals surface area contributed by atoms with Crippen LogP contribution >= 0.6 is 11.6 Å². The molecular weight excluding hydrogens is 576 g/mol. The topological polar surface area (TPSA) is 80.3 Å². The summed E-state index contributed by atoms with van der Waals surface area (Å²) >= 11 is 5.73. The molecule has 4 rings (SSSR count). The molecule has 1 heterocycles. The molecule has 0 spiro atoms. The Hall–Kier alpha value is -2.62. The van der Waals surface area contributed by atoms with Crippen molar-refractivity contribution in [3.05, 3.63) is 89.5 Å². The average molecular weight is 617 g/mol. The van der Waals surface area contributed by atoms with Gasteiger partial charge in [0.1, 0.15) is 24.2 Å². The van der Waals surface area contributed by atoms with Gasteiger partial charge in [0.15, 0.2) is 6.29 Å². The Bertz CT molecular complexity index is 1330. The van der Waals surface area contributed by atoms with Crippen molar-refractivity contribution in [3.8, 4) is 11.5 Å². The Morgan fingerprint density at radius 2 is 1.50 bits per heavy atom. The molecule has 1 fully saturated rings. The van der Waals surface area contributed by atoms with Crippen molar-refractivity contribution in [2.24, 2.45) is 0 Å². The minimum absolute atomic E-state index is 0.105. The molecule has 1 aliphatic heterocycles. The van der Waals surface area contributed by atoms with E-state index in [-0.39, 0.29) is 23.5 Å². The Morgan fingerprint density at radius 1 is 0.881 bits per heavy atom. The molecule has 0 amide bonds. The Balaban J connectivity index is 1.38. The molecule has 0 radical (unpaired) electrons. The van der Waals surface area contributed by atoms with Crippen LogP contribution < -0.4 is 9.47 Å². The van der Waals surface area contributed by atoms with Gasteiger partial charge in [0, 0.05) is 17.9 Å². The van der Waals surface area contributed by atoms with E-state index in [1.165, 1.54) is 12.1 Å². The fraction of sp³-hybridized carbons (Fsp3) is 0.455. The third-order valence-electron chi connectivity index (χ3n) is 7.34. The van der Waals surface area contributed by atoms with Crippen LogP contribution in [0.2, 0.25) is 0 Å². The molecule has 0 N–H and O–H groups in total. The molecule has 1 aliphatic rings. The highest BCUT2D eigenvalue weighted by atomic mass is 35.5. The summed E-state index contributed by atoms with van der Waals surface area (Å²) < 4.78 is 54.5. The molecule has 3 aromatic carbocycles. The standard InChI is InChI=1S/C33H41ClO7S/c1-25-8-18-31(19-9-25)42(35,36)40-24-30(41-32-7-4-5-21-38-32)23-39-29-16-12-27(13-17-29)33(2,3)26-10-14-28(15-11-26)37-22-6-20-34/h8-19,30,32H,4-7,20-24H2,1-3H3/t30-,32?/m0/s1. The van der Waals surface area contributed by atoms with Crippen molar-refractivity contribution in [1.82, 2.24) is 0 Å². The zero-order chi connectivity index (χ0) is 30.0. The van der Waals surface area contributed by atoms with E-state index >= 15 is 0 Å². The molecule has 0 aromatic heterocycles. The van der Waals surface area contributed by atoms with E-state index in [0.717, 1.165) is 48.1 Å². The summed E-state index contributed by atoms with van der Waals surface area (Å²) in [6.45, 7) is 7.38. The first-order valence-electron chi connectivity index (χ1n) is 14.4. The van der Waals surface area contributed by atoms with Crippen LogP contribution in [0.1, 0.15) is 56.2 Å². The number of hydrogen-bond donors (Lipinski definition) is 0. The molecule has 3 aromatic rings. The van der Waals surface area contributed by atoms with Gasteiger partial charge in [-0.25, -0.2) is 0 Å². The third-order valence-corrected chi connectivity index (χ3v) is 8.90. The van der Waals surface area contributed by atoms with Crippen LogP contribution in [0.25, 0.3) is 0 Å². The van der Waals surface area contributed by atoms with Crippen LogP contribution in [0.3, 0.4) is 0 Å². The summed E-state index contributed by atoms with van der Waals surface area (Å²) in [5.41, 5.74) is 3.01.